The van der Waals surface area contributed by atoms with Gasteiger partial charge in [-0.05, 0) is 24.6 Å². The first-order chi connectivity index (χ1) is 14.9. The summed E-state index contributed by atoms with van der Waals surface area (Å²) in [6.45, 7) is 2.19. The first-order valence-corrected chi connectivity index (χ1v) is 9.74. The topological polar surface area (TPSA) is 106 Å². The number of rotatable bonds is 8. The molecule has 0 atom stereocenters. The van der Waals surface area contributed by atoms with E-state index in [9.17, 15) is 19.1 Å². The van der Waals surface area contributed by atoms with Crippen molar-refractivity contribution < 1.29 is 28.6 Å². The number of halogens is 1. The van der Waals surface area contributed by atoms with Gasteiger partial charge in [0.15, 0.2) is 11.6 Å². The van der Waals surface area contributed by atoms with Crippen molar-refractivity contribution in [2.24, 2.45) is 7.05 Å². The molecule has 0 unspecified atom stereocenters. The summed E-state index contributed by atoms with van der Waals surface area (Å²) in [7, 11) is 1.72. The van der Waals surface area contributed by atoms with Crippen molar-refractivity contribution >= 4 is 22.9 Å². The van der Waals surface area contributed by atoms with Crippen LogP contribution in [0.15, 0.2) is 36.5 Å². The standard InChI is InChI=1S/C21H21FN4O5/c1-25-17-11-19(15(20(27)28)9-13(17)12-24-25)31-18-4-3-14(10-16(18)22)30-8-2-6-26-7-5-23-21(26)29/h3-4,9-12H,2,5-8H2,1H3,(H,23,29)(H,27,28). The molecule has 2 amide bonds. The second-order valence-corrected chi connectivity index (χ2v) is 7.10. The first-order valence-electron chi connectivity index (χ1n) is 9.74. The Kier molecular flexibility index (Phi) is 5.61. The van der Waals surface area contributed by atoms with E-state index in [4.69, 9.17) is 9.47 Å². The molecular weight excluding hydrogens is 407 g/mol. The molecule has 1 aliphatic rings. The molecule has 162 valence electrons. The molecule has 0 spiro atoms. The Hall–Kier alpha value is -3.82. The first kappa shape index (κ1) is 20.5. The van der Waals surface area contributed by atoms with E-state index in [0.29, 0.717) is 49.3 Å². The van der Waals surface area contributed by atoms with Crippen molar-refractivity contribution in [3.8, 4) is 17.2 Å². The smallest absolute Gasteiger partial charge is 0.339 e. The molecule has 1 fully saturated rings. The maximum absolute atomic E-state index is 14.6. The number of fused-ring (bicyclic) bond motifs is 1. The molecule has 9 nitrogen and oxygen atoms in total. The van der Waals surface area contributed by atoms with E-state index < -0.39 is 11.8 Å². The second kappa shape index (κ2) is 8.50. The van der Waals surface area contributed by atoms with E-state index in [2.05, 4.69) is 10.4 Å². The third-order valence-corrected chi connectivity index (χ3v) is 4.99. The molecule has 4 rings (SSSR count). The Morgan fingerprint density at radius 2 is 2.13 bits per heavy atom. The summed E-state index contributed by atoms with van der Waals surface area (Å²) in [6, 6.07) is 6.99. The summed E-state index contributed by atoms with van der Waals surface area (Å²) >= 11 is 0. The zero-order chi connectivity index (χ0) is 22.0. The largest absolute Gasteiger partial charge is 0.493 e. The summed E-state index contributed by atoms with van der Waals surface area (Å²) in [6.07, 6.45) is 2.16. The van der Waals surface area contributed by atoms with E-state index in [1.165, 1.54) is 24.3 Å². The monoisotopic (exact) mass is 428 g/mol. The van der Waals surface area contributed by atoms with Gasteiger partial charge in [0, 0.05) is 44.2 Å². The van der Waals surface area contributed by atoms with Gasteiger partial charge in [0.2, 0.25) is 0 Å². The number of aryl methyl sites for hydroxylation is 1. The molecule has 1 aromatic heterocycles. The van der Waals surface area contributed by atoms with Crippen LogP contribution in [0.3, 0.4) is 0 Å². The van der Waals surface area contributed by atoms with Gasteiger partial charge in [-0.25, -0.2) is 14.0 Å². The van der Waals surface area contributed by atoms with Crippen LogP contribution in [0.2, 0.25) is 0 Å². The van der Waals surface area contributed by atoms with Crippen LogP contribution < -0.4 is 14.8 Å². The van der Waals surface area contributed by atoms with Crippen LogP contribution in [0.1, 0.15) is 16.8 Å². The molecule has 2 aromatic carbocycles. The molecule has 3 aromatic rings. The lowest BCUT2D eigenvalue weighted by Gasteiger charge is -2.14. The van der Waals surface area contributed by atoms with Gasteiger partial charge >= 0.3 is 12.0 Å². The molecule has 10 heteroatoms. The van der Waals surface area contributed by atoms with Crippen LogP contribution in [0.25, 0.3) is 10.9 Å². The number of carbonyl (C=O) groups is 2. The Bertz CT molecular complexity index is 1150. The second-order valence-electron chi connectivity index (χ2n) is 7.10. The number of carboxylic acids is 1. The molecule has 2 heterocycles. The number of ether oxygens (including phenoxy) is 2. The normalized spacial score (nSPS) is 13.5. The van der Waals surface area contributed by atoms with Crippen molar-refractivity contribution in [3.05, 3.63) is 47.9 Å². The minimum Gasteiger partial charge on any atom is -0.493 e. The van der Waals surface area contributed by atoms with Crippen LogP contribution in [0.5, 0.6) is 17.2 Å². The number of benzene rings is 2. The number of carboxylic acid groups (broad SMARTS) is 1. The summed E-state index contributed by atoms with van der Waals surface area (Å²) in [5.41, 5.74) is 0.568. The lowest BCUT2D eigenvalue weighted by Crippen LogP contribution is -2.29. The molecule has 1 saturated heterocycles. The fourth-order valence-corrected chi connectivity index (χ4v) is 3.37. The van der Waals surface area contributed by atoms with Crippen molar-refractivity contribution in [1.82, 2.24) is 20.0 Å². The van der Waals surface area contributed by atoms with E-state index in [-0.39, 0.29) is 23.1 Å². The maximum Gasteiger partial charge on any atom is 0.339 e. The number of carbonyl (C=O) groups excluding carboxylic acids is 1. The minimum absolute atomic E-state index is 0.0139. The van der Waals surface area contributed by atoms with Crippen LogP contribution >= 0.6 is 0 Å². The number of nitrogens with one attached hydrogen (secondary N) is 1. The Morgan fingerprint density at radius 1 is 1.29 bits per heavy atom. The average Bonchev–Trinajstić information content (AvgIpc) is 3.31. The van der Waals surface area contributed by atoms with E-state index >= 15 is 0 Å². The van der Waals surface area contributed by atoms with Crippen molar-refractivity contribution in [2.45, 2.75) is 6.42 Å². The number of aromatic nitrogens is 2. The Labute approximate surface area is 177 Å². The summed E-state index contributed by atoms with van der Waals surface area (Å²) in [4.78, 5) is 24.8. The molecule has 1 aliphatic heterocycles. The van der Waals surface area contributed by atoms with Gasteiger partial charge in [-0.15, -0.1) is 0 Å². The number of nitrogens with zero attached hydrogens (tertiary/aromatic N) is 3. The highest BCUT2D eigenvalue weighted by atomic mass is 19.1. The summed E-state index contributed by atoms with van der Waals surface area (Å²) < 4.78 is 27.3. The minimum atomic E-state index is -1.19. The third kappa shape index (κ3) is 4.37. The van der Waals surface area contributed by atoms with Gasteiger partial charge in [0.25, 0.3) is 0 Å². The van der Waals surface area contributed by atoms with Crippen molar-refractivity contribution in [3.63, 3.8) is 0 Å². The third-order valence-electron chi connectivity index (χ3n) is 4.99. The molecule has 0 aliphatic carbocycles. The lowest BCUT2D eigenvalue weighted by molar-refractivity contribution is 0.0694. The molecule has 31 heavy (non-hydrogen) atoms. The van der Waals surface area contributed by atoms with Gasteiger partial charge in [0.05, 0.1) is 18.3 Å². The predicted octanol–water partition coefficient (Wildman–Crippen LogP) is 3.00. The average molecular weight is 428 g/mol. The van der Waals surface area contributed by atoms with Gasteiger partial charge in [-0.1, -0.05) is 0 Å². The van der Waals surface area contributed by atoms with E-state index in [1.807, 2.05) is 0 Å². The SMILES string of the molecule is Cn1ncc2cc(C(=O)O)c(Oc3ccc(OCCCN4CCNC4=O)cc3F)cc21. The van der Waals surface area contributed by atoms with Gasteiger partial charge in [0.1, 0.15) is 17.1 Å². The molecule has 0 bridgehead atoms. The highest BCUT2D eigenvalue weighted by molar-refractivity contribution is 5.96. The number of aromatic carboxylic acids is 1. The van der Waals surface area contributed by atoms with E-state index in [1.54, 1.807) is 28.9 Å². The van der Waals surface area contributed by atoms with Gasteiger partial charge in [-0.3, -0.25) is 4.68 Å². The van der Waals surface area contributed by atoms with Gasteiger partial charge < -0.3 is 24.8 Å². The molecular formula is C21H21FN4O5. The summed E-state index contributed by atoms with van der Waals surface area (Å²) in [5, 5.41) is 16.9. The van der Waals surface area contributed by atoms with Crippen molar-refractivity contribution in [1.29, 1.82) is 0 Å². The quantitative estimate of drug-likeness (QED) is 0.535. The van der Waals surface area contributed by atoms with Crippen LogP contribution in [-0.2, 0) is 7.05 Å². The number of hydrogen-bond acceptors (Lipinski definition) is 5. The zero-order valence-corrected chi connectivity index (χ0v) is 16.8. The van der Waals surface area contributed by atoms with E-state index in [0.717, 1.165) is 0 Å². The zero-order valence-electron chi connectivity index (χ0n) is 16.8. The van der Waals surface area contributed by atoms with Crippen LogP contribution in [-0.4, -0.2) is 58.0 Å². The fraction of sp³-hybridized carbons (Fsp3) is 0.286. The maximum atomic E-state index is 14.6. The molecule has 0 saturated carbocycles. The molecule has 2 N–H and O–H groups in total. The lowest BCUT2D eigenvalue weighted by atomic mass is 10.1. The van der Waals surface area contributed by atoms with Crippen molar-refractivity contribution in [2.75, 3.05) is 26.2 Å². The number of urea groups is 1. The number of amides is 2. The Balaban J connectivity index is 1.43. The summed E-state index contributed by atoms with van der Waals surface area (Å²) in [5.74, 6) is -1.66. The van der Waals surface area contributed by atoms with Gasteiger partial charge in [-0.2, -0.15) is 5.10 Å². The highest BCUT2D eigenvalue weighted by Gasteiger charge is 2.19. The Morgan fingerprint density at radius 3 is 2.84 bits per heavy atom. The fourth-order valence-electron chi connectivity index (χ4n) is 3.37. The van der Waals surface area contributed by atoms with Crippen LogP contribution in [0, 0.1) is 5.82 Å². The molecule has 0 radical (unpaired) electrons. The predicted molar refractivity (Wildman–Crippen MR) is 109 cm³/mol. The number of hydrogen-bond donors (Lipinski definition) is 2. The van der Waals surface area contributed by atoms with Crippen LogP contribution in [0.4, 0.5) is 9.18 Å². The highest BCUT2D eigenvalue weighted by Crippen LogP contribution is 2.32.